The summed E-state index contributed by atoms with van der Waals surface area (Å²) in [4.78, 5) is 24.9. The molecule has 0 spiro atoms. The van der Waals surface area contributed by atoms with Crippen molar-refractivity contribution >= 4 is 27.5 Å². The van der Waals surface area contributed by atoms with Crippen molar-refractivity contribution in [3.05, 3.63) is 21.0 Å². The number of carbonyl (C=O) groups is 1. The van der Waals surface area contributed by atoms with Gasteiger partial charge in [-0.25, -0.2) is 4.68 Å². The molecule has 1 heterocycles. The fraction of sp³-hybridized carbons (Fsp3) is 0.583. The lowest BCUT2D eigenvalue weighted by atomic mass is 10.3. The molecule has 0 aromatic carbocycles. The zero-order valence-corrected chi connectivity index (χ0v) is 13.4. The third-order valence-corrected chi connectivity index (χ3v) is 3.41. The number of nitrogens with one attached hydrogen (secondary N) is 1. The Hall–Kier alpha value is -1.41. The first-order valence-corrected chi connectivity index (χ1v) is 6.95. The van der Waals surface area contributed by atoms with Gasteiger partial charge in [0.15, 0.2) is 0 Å². The topological polar surface area (TPSA) is 76.5 Å². The quantitative estimate of drug-likeness (QED) is 0.779. The lowest BCUT2D eigenvalue weighted by Gasteiger charge is -2.12. The highest BCUT2D eigenvalue weighted by molar-refractivity contribution is 9.10. The second kappa shape index (κ2) is 8.01. The van der Waals surface area contributed by atoms with Gasteiger partial charge in [-0.2, -0.15) is 5.10 Å². The molecule has 1 aromatic heterocycles. The Bertz CT molecular complexity index is 516. The summed E-state index contributed by atoms with van der Waals surface area (Å²) in [5, 5.41) is 7.07. The fourth-order valence-electron chi connectivity index (χ4n) is 1.45. The Labute approximate surface area is 126 Å². The summed E-state index contributed by atoms with van der Waals surface area (Å²) < 4.78 is 6.64. The van der Waals surface area contributed by atoms with Crippen molar-refractivity contribution < 1.29 is 9.53 Å². The van der Waals surface area contributed by atoms with Gasteiger partial charge in [0, 0.05) is 34.2 Å². The predicted molar refractivity (Wildman–Crippen MR) is 79.9 cm³/mol. The van der Waals surface area contributed by atoms with Gasteiger partial charge in [-0.3, -0.25) is 9.59 Å². The first-order chi connectivity index (χ1) is 9.47. The Balaban J connectivity index is 2.66. The predicted octanol–water partition coefficient (Wildman–Crippen LogP) is 0.542. The molecule has 0 saturated heterocycles. The number of carbonyl (C=O) groups excluding carboxylic acids is 1. The van der Waals surface area contributed by atoms with Crippen LogP contribution in [0, 0.1) is 0 Å². The molecule has 0 unspecified atom stereocenters. The first-order valence-electron chi connectivity index (χ1n) is 6.16. The third kappa shape index (κ3) is 4.61. The number of anilines is 1. The Kier molecular flexibility index (Phi) is 6.66. The van der Waals surface area contributed by atoms with Crippen LogP contribution in [0.1, 0.15) is 6.42 Å². The standard InChI is InChI=1S/C12H19BrN4O3/c1-16(2)10(18)4-5-14-9-8-15-17(6-7-20-3)12(19)11(9)13/h8,14H,4-7H2,1-3H3. The van der Waals surface area contributed by atoms with Crippen molar-refractivity contribution in [3.63, 3.8) is 0 Å². The Morgan fingerprint density at radius 1 is 1.55 bits per heavy atom. The number of hydrogen-bond acceptors (Lipinski definition) is 5. The molecule has 0 bridgehead atoms. The van der Waals surface area contributed by atoms with Crippen molar-refractivity contribution in [1.82, 2.24) is 14.7 Å². The van der Waals surface area contributed by atoms with E-state index in [1.165, 1.54) is 9.58 Å². The molecule has 1 amide bonds. The van der Waals surface area contributed by atoms with E-state index in [-0.39, 0.29) is 11.5 Å². The van der Waals surface area contributed by atoms with Crippen LogP contribution in [-0.2, 0) is 16.1 Å². The van der Waals surface area contributed by atoms with Crippen LogP contribution >= 0.6 is 15.9 Å². The second-order valence-electron chi connectivity index (χ2n) is 4.36. The van der Waals surface area contributed by atoms with Gasteiger partial charge in [0.2, 0.25) is 5.91 Å². The monoisotopic (exact) mass is 346 g/mol. The number of hydrogen-bond donors (Lipinski definition) is 1. The summed E-state index contributed by atoms with van der Waals surface area (Å²) in [5.41, 5.74) is 0.348. The summed E-state index contributed by atoms with van der Waals surface area (Å²) in [7, 11) is 4.98. The Morgan fingerprint density at radius 3 is 2.85 bits per heavy atom. The van der Waals surface area contributed by atoms with Crippen LogP contribution < -0.4 is 10.9 Å². The van der Waals surface area contributed by atoms with E-state index in [1.807, 2.05) is 0 Å². The lowest BCUT2D eigenvalue weighted by Crippen LogP contribution is -2.27. The molecule has 7 nitrogen and oxygen atoms in total. The smallest absolute Gasteiger partial charge is 0.283 e. The van der Waals surface area contributed by atoms with Crippen LogP contribution in [0.25, 0.3) is 0 Å². The molecular weight excluding hydrogens is 328 g/mol. The number of rotatable bonds is 7. The van der Waals surface area contributed by atoms with Crippen molar-refractivity contribution in [1.29, 1.82) is 0 Å². The summed E-state index contributed by atoms with van der Waals surface area (Å²) in [6.45, 7) is 1.26. The van der Waals surface area contributed by atoms with E-state index in [4.69, 9.17) is 4.74 Å². The van der Waals surface area contributed by atoms with Gasteiger partial charge in [0.1, 0.15) is 4.47 Å². The maximum atomic E-state index is 12.0. The maximum absolute atomic E-state index is 12.0. The van der Waals surface area contributed by atoms with Gasteiger partial charge < -0.3 is 15.0 Å². The van der Waals surface area contributed by atoms with E-state index >= 15 is 0 Å². The fourth-order valence-corrected chi connectivity index (χ4v) is 1.90. The molecule has 1 N–H and O–H groups in total. The number of ether oxygens (including phenoxy) is 1. The van der Waals surface area contributed by atoms with Gasteiger partial charge in [-0.15, -0.1) is 0 Å². The van der Waals surface area contributed by atoms with Gasteiger partial charge in [0.05, 0.1) is 25.0 Å². The number of amides is 1. The molecule has 0 atom stereocenters. The third-order valence-electron chi connectivity index (χ3n) is 2.65. The molecule has 0 radical (unpaired) electrons. The molecule has 0 aliphatic carbocycles. The van der Waals surface area contributed by atoms with Crippen LogP contribution in [0.5, 0.6) is 0 Å². The van der Waals surface area contributed by atoms with Crippen LogP contribution in [0.4, 0.5) is 5.69 Å². The van der Waals surface area contributed by atoms with Gasteiger partial charge in [-0.05, 0) is 15.9 Å². The van der Waals surface area contributed by atoms with E-state index in [1.54, 1.807) is 27.4 Å². The van der Waals surface area contributed by atoms with Crippen LogP contribution in [0.15, 0.2) is 15.5 Å². The van der Waals surface area contributed by atoms with Crippen molar-refractivity contribution in [3.8, 4) is 0 Å². The zero-order chi connectivity index (χ0) is 15.1. The summed E-state index contributed by atoms with van der Waals surface area (Å²) in [6.07, 6.45) is 1.91. The van der Waals surface area contributed by atoms with Crippen molar-refractivity contribution in [2.45, 2.75) is 13.0 Å². The highest BCUT2D eigenvalue weighted by atomic mass is 79.9. The molecule has 0 aliphatic rings. The van der Waals surface area contributed by atoms with E-state index in [0.717, 1.165) is 0 Å². The SMILES string of the molecule is COCCn1ncc(NCCC(=O)N(C)C)c(Br)c1=O. The highest BCUT2D eigenvalue weighted by Crippen LogP contribution is 2.15. The zero-order valence-electron chi connectivity index (χ0n) is 11.9. The van der Waals surface area contributed by atoms with Crippen molar-refractivity contribution in [2.24, 2.45) is 0 Å². The summed E-state index contributed by atoms with van der Waals surface area (Å²) in [6, 6.07) is 0. The van der Waals surface area contributed by atoms with Crippen LogP contribution in [0.3, 0.4) is 0 Å². The van der Waals surface area contributed by atoms with Gasteiger partial charge >= 0.3 is 0 Å². The summed E-state index contributed by atoms with van der Waals surface area (Å²) >= 11 is 3.25. The lowest BCUT2D eigenvalue weighted by molar-refractivity contribution is -0.128. The molecular formula is C12H19BrN4O3. The van der Waals surface area contributed by atoms with Crippen LogP contribution in [-0.4, -0.2) is 54.9 Å². The minimum absolute atomic E-state index is 0.0232. The largest absolute Gasteiger partial charge is 0.383 e. The molecule has 0 aliphatic heterocycles. The average molecular weight is 347 g/mol. The van der Waals surface area contributed by atoms with Gasteiger partial charge in [-0.1, -0.05) is 0 Å². The average Bonchev–Trinajstić information content (AvgIpc) is 2.42. The highest BCUT2D eigenvalue weighted by Gasteiger charge is 2.09. The van der Waals surface area contributed by atoms with Crippen molar-refractivity contribution in [2.75, 3.05) is 39.7 Å². The van der Waals surface area contributed by atoms with E-state index in [0.29, 0.717) is 36.3 Å². The van der Waals surface area contributed by atoms with Crippen LogP contribution in [0.2, 0.25) is 0 Å². The normalized spacial score (nSPS) is 10.4. The molecule has 8 heteroatoms. The summed E-state index contributed by atoms with van der Waals surface area (Å²) in [5.74, 6) is 0.0232. The Morgan fingerprint density at radius 2 is 2.25 bits per heavy atom. The van der Waals surface area contributed by atoms with E-state index in [2.05, 4.69) is 26.3 Å². The minimum atomic E-state index is -0.231. The molecule has 0 saturated carbocycles. The number of methoxy groups -OCH3 is 1. The minimum Gasteiger partial charge on any atom is -0.383 e. The number of halogens is 1. The first kappa shape index (κ1) is 16.6. The molecule has 0 fully saturated rings. The molecule has 1 aromatic rings. The second-order valence-corrected chi connectivity index (χ2v) is 5.15. The molecule has 1 rings (SSSR count). The molecule has 112 valence electrons. The maximum Gasteiger partial charge on any atom is 0.283 e. The van der Waals surface area contributed by atoms with E-state index < -0.39 is 0 Å². The number of nitrogens with zero attached hydrogens (tertiary/aromatic N) is 3. The number of aromatic nitrogens is 2. The molecule has 20 heavy (non-hydrogen) atoms. The van der Waals surface area contributed by atoms with Gasteiger partial charge in [0.25, 0.3) is 5.56 Å². The van der Waals surface area contributed by atoms with E-state index in [9.17, 15) is 9.59 Å².